The van der Waals surface area contributed by atoms with E-state index in [1.807, 2.05) is 37.5 Å². The largest absolute Gasteiger partial charge is 0.384 e. The van der Waals surface area contributed by atoms with Crippen LogP contribution in [0.1, 0.15) is 23.2 Å². The molecule has 0 unspecified atom stereocenters. The van der Waals surface area contributed by atoms with E-state index in [1.165, 1.54) is 0 Å². The SMILES string of the molecule is Cc1ccc(S(=O)(=O)c2c(C)c(C)n(CCCN3CCOCC3)c2N)cc1. The van der Waals surface area contributed by atoms with Gasteiger partial charge in [0.1, 0.15) is 10.7 Å². The Labute approximate surface area is 161 Å². The van der Waals surface area contributed by atoms with Crippen molar-refractivity contribution in [1.82, 2.24) is 9.47 Å². The van der Waals surface area contributed by atoms with Crippen molar-refractivity contribution in [2.24, 2.45) is 0 Å². The van der Waals surface area contributed by atoms with Crippen molar-refractivity contribution in [2.75, 3.05) is 38.6 Å². The third kappa shape index (κ3) is 4.05. The summed E-state index contributed by atoms with van der Waals surface area (Å²) in [6.45, 7) is 10.8. The molecule has 1 aromatic carbocycles. The first-order valence-electron chi connectivity index (χ1n) is 9.39. The molecule has 0 atom stereocenters. The van der Waals surface area contributed by atoms with Crippen LogP contribution >= 0.6 is 0 Å². The fourth-order valence-corrected chi connectivity index (χ4v) is 5.27. The summed E-state index contributed by atoms with van der Waals surface area (Å²) >= 11 is 0. The number of nitrogens with two attached hydrogens (primary N) is 1. The Kier molecular flexibility index (Phi) is 5.93. The zero-order valence-corrected chi connectivity index (χ0v) is 17.2. The molecule has 6 nitrogen and oxygen atoms in total. The number of rotatable bonds is 6. The van der Waals surface area contributed by atoms with E-state index in [0.717, 1.165) is 56.1 Å². The Morgan fingerprint density at radius 3 is 2.30 bits per heavy atom. The average Bonchev–Trinajstić information content (AvgIpc) is 2.86. The smallest absolute Gasteiger partial charge is 0.210 e. The van der Waals surface area contributed by atoms with Crippen LogP contribution in [0.2, 0.25) is 0 Å². The Morgan fingerprint density at radius 2 is 1.67 bits per heavy atom. The standard InChI is InChI=1S/C20H29N3O3S/c1-15-5-7-18(8-6-15)27(24,25)19-16(2)17(3)23(20(19)21)10-4-9-22-11-13-26-14-12-22/h5-8H,4,9-14,21H2,1-3H3. The maximum atomic E-state index is 13.2. The molecule has 1 fully saturated rings. The number of benzene rings is 1. The monoisotopic (exact) mass is 391 g/mol. The van der Waals surface area contributed by atoms with Gasteiger partial charge in [0.25, 0.3) is 0 Å². The number of sulfone groups is 1. The summed E-state index contributed by atoms with van der Waals surface area (Å²) in [7, 11) is -3.64. The van der Waals surface area contributed by atoms with Crippen molar-refractivity contribution in [3.05, 3.63) is 41.1 Å². The second kappa shape index (κ2) is 8.04. The first kappa shape index (κ1) is 19.9. The van der Waals surface area contributed by atoms with Crippen LogP contribution in [0.15, 0.2) is 34.1 Å². The molecule has 0 amide bonds. The molecule has 0 radical (unpaired) electrons. The lowest BCUT2D eigenvalue weighted by Crippen LogP contribution is -2.37. The molecule has 2 aromatic rings. The number of hydrogen-bond acceptors (Lipinski definition) is 5. The maximum Gasteiger partial charge on any atom is 0.210 e. The van der Waals surface area contributed by atoms with E-state index in [1.54, 1.807) is 12.1 Å². The average molecular weight is 392 g/mol. The number of aromatic nitrogens is 1. The van der Waals surface area contributed by atoms with Gasteiger partial charge in [0.05, 0.1) is 18.1 Å². The summed E-state index contributed by atoms with van der Waals surface area (Å²) in [6, 6.07) is 6.92. The van der Waals surface area contributed by atoms with Gasteiger partial charge in [-0.3, -0.25) is 4.90 Å². The highest BCUT2D eigenvalue weighted by Crippen LogP contribution is 2.33. The summed E-state index contributed by atoms with van der Waals surface area (Å²) < 4.78 is 33.6. The van der Waals surface area contributed by atoms with Gasteiger partial charge in [0.2, 0.25) is 9.84 Å². The molecule has 1 aromatic heterocycles. The number of aryl methyl sites for hydroxylation is 1. The van der Waals surface area contributed by atoms with Gasteiger partial charge >= 0.3 is 0 Å². The highest BCUT2D eigenvalue weighted by atomic mass is 32.2. The molecule has 1 saturated heterocycles. The Hall–Kier alpha value is -1.83. The molecule has 2 N–H and O–H groups in total. The van der Waals surface area contributed by atoms with E-state index < -0.39 is 9.84 Å². The lowest BCUT2D eigenvalue weighted by molar-refractivity contribution is 0.0369. The fourth-order valence-electron chi connectivity index (χ4n) is 3.60. The van der Waals surface area contributed by atoms with Crippen LogP contribution in [0.25, 0.3) is 0 Å². The highest BCUT2D eigenvalue weighted by Gasteiger charge is 2.28. The molecule has 1 aliphatic heterocycles. The van der Waals surface area contributed by atoms with Gasteiger partial charge in [-0.25, -0.2) is 8.42 Å². The molecule has 3 rings (SSSR count). The van der Waals surface area contributed by atoms with Crippen LogP contribution in [0.3, 0.4) is 0 Å². The predicted molar refractivity (Wildman–Crippen MR) is 107 cm³/mol. The normalized spacial score (nSPS) is 16.0. The second-order valence-electron chi connectivity index (χ2n) is 7.20. The van der Waals surface area contributed by atoms with Gasteiger partial charge in [-0.15, -0.1) is 0 Å². The van der Waals surface area contributed by atoms with Gasteiger partial charge in [0.15, 0.2) is 0 Å². The molecule has 1 aliphatic rings. The quantitative estimate of drug-likeness (QED) is 0.819. The topological polar surface area (TPSA) is 77.6 Å². The van der Waals surface area contributed by atoms with Crippen LogP contribution in [-0.2, 0) is 21.1 Å². The molecule has 148 valence electrons. The Morgan fingerprint density at radius 1 is 1.04 bits per heavy atom. The van der Waals surface area contributed by atoms with E-state index in [4.69, 9.17) is 10.5 Å². The number of anilines is 1. The minimum atomic E-state index is -3.64. The lowest BCUT2D eigenvalue weighted by Gasteiger charge is -2.26. The predicted octanol–water partition coefficient (Wildman–Crippen LogP) is 2.55. The first-order chi connectivity index (χ1) is 12.8. The number of nitrogens with zero attached hydrogens (tertiary/aromatic N) is 2. The zero-order valence-electron chi connectivity index (χ0n) is 16.4. The number of hydrogen-bond donors (Lipinski definition) is 1. The van der Waals surface area contributed by atoms with Gasteiger partial charge in [-0.1, -0.05) is 17.7 Å². The third-order valence-electron chi connectivity index (χ3n) is 5.37. The van der Waals surface area contributed by atoms with Crippen LogP contribution in [0.4, 0.5) is 5.82 Å². The molecule has 7 heteroatoms. The number of ether oxygens (including phenoxy) is 1. The Balaban J connectivity index is 1.83. The maximum absolute atomic E-state index is 13.2. The summed E-state index contributed by atoms with van der Waals surface area (Å²) in [5.74, 6) is 0.340. The van der Waals surface area contributed by atoms with E-state index in [2.05, 4.69) is 4.90 Å². The summed E-state index contributed by atoms with van der Waals surface area (Å²) in [4.78, 5) is 2.90. The van der Waals surface area contributed by atoms with E-state index >= 15 is 0 Å². The highest BCUT2D eigenvalue weighted by molar-refractivity contribution is 7.91. The van der Waals surface area contributed by atoms with E-state index in [9.17, 15) is 8.42 Å². The van der Waals surface area contributed by atoms with Crippen LogP contribution in [0.5, 0.6) is 0 Å². The molecule has 0 bridgehead atoms. The molecule has 0 saturated carbocycles. The third-order valence-corrected chi connectivity index (χ3v) is 7.32. The fraction of sp³-hybridized carbons (Fsp3) is 0.500. The van der Waals surface area contributed by atoms with Crippen molar-refractivity contribution in [1.29, 1.82) is 0 Å². The molecular weight excluding hydrogens is 362 g/mol. The number of nitrogen functional groups attached to an aromatic ring is 1. The van der Waals surface area contributed by atoms with Crippen LogP contribution in [-0.4, -0.2) is 50.7 Å². The minimum absolute atomic E-state index is 0.246. The molecular formula is C20H29N3O3S. The number of morpholine rings is 1. The molecule has 0 aliphatic carbocycles. The molecule has 0 spiro atoms. The van der Waals surface area contributed by atoms with E-state index in [-0.39, 0.29) is 9.79 Å². The van der Waals surface area contributed by atoms with Gasteiger partial charge in [-0.05, 0) is 44.9 Å². The molecule has 27 heavy (non-hydrogen) atoms. The second-order valence-corrected chi connectivity index (χ2v) is 9.09. The van der Waals surface area contributed by atoms with Crippen LogP contribution in [0, 0.1) is 20.8 Å². The van der Waals surface area contributed by atoms with Crippen molar-refractivity contribution in [3.8, 4) is 0 Å². The van der Waals surface area contributed by atoms with Crippen molar-refractivity contribution in [3.63, 3.8) is 0 Å². The van der Waals surface area contributed by atoms with Crippen molar-refractivity contribution in [2.45, 2.75) is 43.5 Å². The van der Waals surface area contributed by atoms with Crippen molar-refractivity contribution < 1.29 is 13.2 Å². The summed E-state index contributed by atoms with van der Waals surface area (Å²) in [5, 5.41) is 0. The Bertz CT molecular complexity index is 896. The zero-order chi connectivity index (χ0) is 19.6. The lowest BCUT2D eigenvalue weighted by atomic mass is 10.2. The van der Waals surface area contributed by atoms with E-state index in [0.29, 0.717) is 12.4 Å². The summed E-state index contributed by atoms with van der Waals surface area (Å²) in [6.07, 6.45) is 0.920. The van der Waals surface area contributed by atoms with Crippen LogP contribution < -0.4 is 5.73 Å². The molecule has 2 heterocycles. The summed E-state index contributed by atoms with van der Waals surface area (Å²) in [5.41, 5.74) is 9.00. The minimum Gasteiger partial charge on any atom is -0.384 e. The van der Waals surface area contributed by atoms with Gasteiger partial charge in [0, 0.05) is 31.9 Å². The van der Waals surface area contributed by atoms with Gasteiger partial charge in [-0.2, -0.15) is 0 Å². The van der Waals surface area contributed by atoms with Gasteiger partial charge < -0.3 is 15.0 Å². The van der Waals surface area contributed by atoms with Crippen molar-refractivity contribution >= 4 is 15.7 Å². The first-order valence-corrected chi connectivity index (χ1v) is 10.9.